The number of methoxy groups -OCH3 is 1. The van der Waals surface area contributed by atoms with E-state index in [0.717, 1.165) is 14.2 Å². The first kappa shape index (κ1) is 22.3. The van der Waals surface area contributed by atoms with Crippen molar-refractivity contribution in [2.45, 2.75) is 45.1 Å². The van der Waals surface area contributed by atoms with E-state index in [1.54, 1.807) is 6.92 Å². The van der Waals surface area contributed by atoms with E-state index in [1.807, 2.05) is 0 Å². The van der Waals surface area contributed by atoms with Crippen LogP contribution in [0.4, 0.5) is 0 Å². The number of aromatic nitrogens is 3. The molecule has 0 amide bonds. The molecule has 1 heterocycles. The van der Waals surface area contributed by atoms with Crippen molar-refractivity contribution in [2.24, 2.45) is 7.05 Å². The van der Waals surface area contributed by atoms with E-state index < -0.39 is 60.8 Å². The summed E-state index contributed by atoms with van der Waals surface area (Å²) >= 11 is 0. The fourth-order valence-electron chi connectivity index (χ4n) is 2.10. The minimum Gasteiger partial charge on any atom is -0.469 e. The largest absolute Gasteiger partial charge is 0.469 e. The zero-order chi connectivity index (χ0) is 20.7. The van der Waals surface area contributed by atoms with Crippen LogP contribution in [0, 0.1) is 0 Å². The van der Waals surface area contributed by atoms with Gasteiger partial charge in [-0.1, -0.05) is 6.92 Å². The smallest absolute Gasteiger partial charge is 0.336 e. The standard InChI is InChI=1S/C15H23N3O9/c1-4-9(19)6-17-13(23)16(2)14(24)18(15(17)25)7-10(20)8-27-12(22)5-11(21)26-3/h9-10,19-20H,4-8H2,1-3H3. The van der Waals surface area contributed by atoms with Crippen LogP contribution in [0.5, 0.6) is 0 Å². The highest BCUT2D eigenvalue weighted by Gasteiger charge is 2.19. The highest BCUT2D eigenvalue weighted by Crippen LogP contribution is 1.95. The van der Waals surface area contributed by atoms with E-state index >= 15 is 0 Å². The third-order valence-electron chi connectivity index (χ3n) is 3.71. The maximum Gasteiger partial charge on any atom is 0.336 e. The van der Waals surface area contributed by atoms with Gasteiger partial charge in [0.25, 0.3) is 0 Å². The molecule has 152 valence electrons. The molecule has 0 radical (unpaired) electrons. The molecule has 1 aromatic rings. The van der Waals surface area contributed by atoms with E-state index in [4.69, 9.17) is 0 Å². The number of ether oxygens (including phenoxy) is 2. The lowest BCUT2D eigenvalue weighted by Gasteiger charge is -2.16. The second kappa shape index (κ2) is 9.83. The van der Waals surface area contributed by atoms with Gasteiger partial charge in [-0.25, -0.2) is 28.1 Å². The van der Waals surface area contributed by atoms with Gasteiger partial charge in [-0.15, -0.1) is 0 Å². The quantitative estimate of drug-likeness (QED) is 0.330. The fraction of sp³-hybridized carbons (Fsp3) is 0.667. The number of nitrogens with zero attached hydrogens (tertiary/aromatic N) is 3. The molecule has 0 spiro atoms. The molecule has 12 nitrogen and oxygen atoms in total. The summed E-state index contributed by atoms with van der Waals surface area (Å²) in [5.41, 5.74) is -2.87. The third kappa shape index (κ3) is 5.89. The van der Waals surface area contributed by atoms with Gasteiger partial charge in [0.05, 0.1) is 26.3 Å². The van der Waals surface area contributed by atoms with Crippen LogP contribution in [0.15, 0.2) is 14.4 Å². The lowest BCUT2D eigenvalue weighted by molar-refractivity contribution is -0.155. The Morgan fingerprint density at radius 3 is 1.96 bits per heavy atom. The molecule has 1 aromatic heterocycles. The molecule has 0 aromatic carbocycles. The van der Waals surface area contributed by atoms with Crippen LogP contribution in [-0.4, -0.2) is 61.8 Å². The summed E-state index contributed by atoms with van der Waals surface area (Å²) in [6, 6.07) is 0. The predicted octanol–water partition coefficient (Wildman–Crippen LogP) is -3.05. The van der Waals surface area contributed by atoms with E-state index in [1.165, 1.54) is 0 Å². The molecule has 27 heavy (non-hydrogen) atoms. The number of carbonyl (C=O) groups excluding carboxylic acids is 2. The SMILES string of the molecule is CCC(O)Cn1c(=O)n(C)c(=O)n(CC(O)COC(=O)CC(=O)OC)c1=O. The average molecular weight is 389 g/mol. The van der Waals surface area contributed by atoms with Crippen molar-refractivity contribution in [1.82, 2.24) is 13.7 Å². The van der Waals surface area contributed by atoms with Crippen LogP contribution >= 0.6 is 0 Å². The number of aliphatic hydroxyl groups is 2. The van der Waals surface area contributed by atoms with Crippen LogP contribution in [0.1, 0.15) is 19.8 Å². The number of rotatable bonds is 9. The van der Waals surface area contributed by atoms with Crippen molar-refractivity contribution in [3.63, 3.8) is 0 Å². The van der Waals surface area contributed by atoms with Crippen molar-refractivity contribution < 1.29 is 29.3 Å². The first-order valence-electron chi connectivity index (χ1n) is 8.11. The van der Waals surface area contributed by atoms with Gasteiger partial charge in [0.1, 0.15) is 19.1 Å². The molecule has 2 atom stereocenters. The highest BCUT2D eigenvalue weighted by atomic mass is 16.6. The van der Waals surface area contributed by atoms with E-state index in [0.29, 0.717) is 13.7 Å². The summed E-state index contributed by atoms with van der Waals surface area (Å²) in [4.78, 5) is 58.9. The number of hydrogen-bond acceptors (Lipinski definition) is 9. The van der Waals surface area contributed by atoms with Crippen molar-refractivity contribution in [3.8, 4) is 0 Å². The van der Waals surface area contributed by atoms with Crippen LogP contribution in [0.25, 0.3) is 0 Å². The van der Waals surface area contributed by atoms with E-state index in [2.05, 4.69) is 9.47 Å². The molecular formula is C15H23N3O9. The Labute approximate surface area is 153 Å². The first-order valence-corrected chi connectivity index (χ1v) is 8.11. The Bertz CT molecular complexity index is 852. The summed E-state index contributed by atoms with van der Waals surface area (Å²) in [7, 11) is 2.25. The zero-order valence-corrected chi connectivity index (χ0v) is 15.3. The Morgan fingerprint density at radius 2 is 1.48 bits per heavy atom. The van der Waals surface area contributed by atoms with Crippen molar-refractivity contribution in [1.29, 1.82) is 0 Å². The molecule has 2 unspecified atom stereocenters. The Balaban J connectivity index is 2.98. The number of esters is 2. The number of hydrogen-bond donors (Lipinski definition) is 2. The summed E-state index contributed by atoms with van der Waals surface area (Å²) in [6.45, 7) is 0.205. The topological polar surface area (TPSA) is 159 Å². The minimum atomic E-state index is -1.45. The van der Waals surface area contributed by atoms with E-state index in [-0.39, 0.29) is 13.0 Å². The van der Waals surface area contributed by atoms with Gasteiger partial charge in [-0.3, -0.25) is 9.59 Å². The number of carbonyl (C=O) groups is 2. The molecule has 0 fully saturated rings. The monoisotopic (exact) mass is 389 g/mol. The van der Waals surface area contributed by atoms with Gasteiger partial charge in [0, 0.05) is 7.05 Å². The normalized spacial score (nSPS) is 13.1. The van der Waals surface area contributed by atoms with Gasteiger partial charge in [0.15, 0.2) is 0 Å². The van der Waals surface area contributed by atoms with E-state index in [9.17, 15) is 34.2 Å². The maximum absolute atomic E-state index is 12.4. The molecule has 0 saturated heterocycles. The Morgan fingerprint density at radius 1 is 0.963 bits per heavy atom. The molecule has 0 aliphatic rings. The van der Waals surface area contributed by atoms with Crippen LogP contribution in [0.2, 0.25) is 0 Å². The van der Waals surface area contributed by atoms with Crippen molar-refractivity contribution >= 4 is 11.9 Å². The number of aliphatic hydroxyl groups excluding tert-OH is 2. The van der Waals surface area contributed by atoms with Crippen LogP contribution < -0.4 is 17.1 Å². The van der Waals surface area contributed by atoms with Gasteiger partial charge < -0.3 is 19.7 Å². The molecule has 1 rings (SSSR count). The Hall–Kier alpha value is -2.73. The molecule has 0 saturated carbocycles. The summed E-state index contributed by atoms with van der Waals surface area (Å²) < 4.78 is 10.9. The second-order valence-corrected chi connectivity index (χ2v) is 5.78. The first-order chi connectivity index (χ1) is 12.6. The zero-order valence-electron chi connectivity index (χ0n) is 15.3. The lowest BCUT2D eigenvalue weighted by atomic mass is 10.3. The lowest BCUT2D eigenvalue weighted by Crippen LogP contribution is -2.55. The molecule has 0 aliphatic heterocycles. The summed E-state index contributed by atoms with van der Waals surface area (Å²) in [5.74, 6) is -1.77. The van der Waals surface area contributed by atoms with Crippen molar-refractivity contribution in [2.75, 3.05) is 13.7 Å². The maximum atomic E-state index is 12.4. The molecule has 12 heteroatoms. The van der Waals surface area contributed by atoms with Crippen LogP contribution in [-0.2, 0) is 39.2 Å². The molecular weight excluding hydrogens is 366 g/mol. The van der Waals surface area contributed by atoms with Gasteiger partial charge >= 0.3 is 29.0 Å². The predicted molar refractivity (Wildman–Crippen MR) is 90.1 cm³/mol. The fourth-order valence-corrected chi connectivity index (χ4v) is 2.10. The van der Waals surface area contributed by atoms with Crippen LogP contribution in [0.3, 0.4) is 0 Å². The van der Waals surface area contributed by atoms with Gasteiger partial charge in [0.2, 0.25) is 0 Å². The minimum absolute atomic E-state index is 0.285. The Kier molecular flexibility index (Phi) is 8.12. The molecule has 2 N–H and O–H groups in total. The van der Waals surface area contributed by atoms with Crippen molar-refractivity contribution in [3.05, 3.63) is 31.5 Å². The average Bonchev–Trinajstić information content (AvgIpc) is 2.64. The molecule has 0 aliphatic carbocycles. The van der Waals surface area contributed by atoms with Gasteiger partial charge in [-0.05, 0) is 6.42 Å². The summed E-state index contributed by atoms with van der Waals surface area (Å²) in [6.07, 6.45) is -2.78. The molecule has 0 bridgehead atoms. The third-order valence-corrected chi connectivity index (χ3v) is 3.71. The van der Waals surface area contributed by atoms with Gasteiger partial charge in [-0.2, -0.15) is 0 Å². The highest BCUT2D eigenvalue weighted by molar-refractivity contribution is 5.91. The second-order valence-electron chi connectivity index (χ2n) is 5.78. The summed E-state index contributed by atoms with van der Waals surface area (Å²) in [5, 5.41) is 19.6.